The van der Waals surface area contributed by atoms with Crippen LogP contribution in [0, 0.1) is 12.3 Å². The summed E-state index contributed by atoms with van der Waals surface area (Å²) in [5, 5.41) is 0. The van der Waals surface area contributed by atoms with Crippen LogP contribution in [0.15, 0.2) is 6.07 Å². The number of hydrogen-bond donors (Lipinski definition) is 2. The van der Waals surface area contributed by atoms with Crippen molar-refractivity contribution >= 4 is 5.82 Å². The first kappa shape index (κ1) is 12.3. The first-order valence-electron chi connectivity index (χ1n) is 6.32. The summed E-state index contributed by atoms with van der Waals surface area (Å²) in [4.78, 5) is 9.02. The van der Waals surface area contributed by atoms with Crippen molar-refractivity contribution in [2.75, 3.05) is 5.43 Å². The van der Waals surface area contributed by atoms with Crippen molar-refractivity contribution in [3.63, 3.8) is 0 Å². The van der Waals surface area contributed by atoms with Gasteiger partial charge in [0.1, 0.15) is 11.6 Å². The molecular formula is C13H22N4. The molecule has 0 aliphatic heterocycles. The molecule has 0 saturated heterocycles. The third-order valence-electron chi connectivity index (χ3n) is 3.72. The highest BCUT2D eigenvalue weighted by Crippen LogP contribution is 2.41. The molecule has 0 amide bonds. The lowest BCUT2D eigenvalue weighted by Crippen LogP contribution is -2.22. The molecule has 1 fully saturated rings. The first-order valence-corrected chi connectivity index (χ1v) is 6.32. The summed E-state index contributed by atoms with van der Waals surface area (Å²) in [7, 11) is 0. The van der Waals surface area contributed by atoms with E-state index < -0.39 is 0 Å². The number of aryl methyl sites for hydroxylation is 1. The predicted molar refractivity (Wildman–Crippen MR) is 69.6 cm³/mol. The van der Waals surface area contributed by atoms with Gasteiger partial charge in [0.05, 0.1) is 0 Å². The van der Waals surface area contributed by atoms with Gasteiger partial charge in [0.25, 0.3) is 0 Å². The molecule has 1 aliphatic rings. The lowest BCUT2D eigenvalue weighted by molar-refractivity contribution is 0.220. The Morgan fingerprint density at radius 2 is 1.94 bits per heavy atom. The Morgan fingerprint density at radius 3 is 2.53 bits per heavy atom. The maximum atomic E-state index is 5.42. The molecule has 0 radical (unpaired) electrons. The quantitative estimate of drug-likeness (QED) is 0.610. The van der Waals surface area contributed by atoms with Gasteiger partial charge in [-0.25, -0.2) is 15.8 Å². The van der Waals surface area contributed by atoms with Crippen LogP contribution in [0.25, 0.3) is 0 Å². The number of rotatable bonds is 2. The fourth-order valence-electron chi connectivity index (χ4n) is 2.51. The molecule has 4 heteroatoms. The molecule has 1 saturated carbocycles. The minimum absolute atomic E-state index is 0.481. The van der Waals surface area contributed by atoms with Crippen LogP contribution < -0.4 is 11.3 Å². The summed E-state index contributed by atoms with van der Waals surface area (Å²) in [6.07, 6.45) is 4.86. The van der Waals surface area contributed by atoms with E-state index in [4.69, 9.17) is 5.84 Å². The van der Waals surface area contributed by atoms with E-state index in [1.807, 2.05) is 13.0 Å². The highest BCUT2D eigenvalue weighted by atomic mass is 15.3. The Hall–Kier alpha value is -1.16. The molecule has 0 bridgehead atoms. The smallest absolute Gasteiger partial charge is 0.143 e. The van der Waals surface area contributed by atoms with Gasteiger partial charge in [0.2, 0.25) is 0 Å². The Balaban J connectivity index is 2.15. The minimum Gasteiger partial charge on any atom is -0.308 e. The van der Waals surface area contributed by atoms with Crippen molar-refractivity contribution in [3.05, 3.63) is 17.6 Å². The number of nitrogens with one attached hydrogen (secondary N) is 1. The molecule has 1 aromatic heterocycles. The van der Waals surface area contributed by atoms with Crippen LogP contribution in [0.2, 0.25) is 0 Å². The van der Waals surface area contributed by atoms with Crippen molar-refractivity contribution < 1.29 is 0 Å². The largest absolute Gasteiger partial charge is 0.308 e. The average Bonchev–Trinajstić information content (AvgIpc) is 2.28. The van der Waals surface area contributed by atoms with Crippen molar-refractivity contribution in [1.82, 2.24) is 9.97 Å². The van der Waals surface area contributed by atoms with Crippen molar-refractivity contribution in [2.45, 2.75) is 52.4 Å². The number of aromatic nitrogens is 2. The third kappa shape index (κ3) is 2.94. The summed E-state index contributed by atoms with van der Waals surface area (Å²) in [5.41, 5.74) is 4.07. The molecule has 4 nitrogen and oxygen atoms in total. The number of hydrazine groups is 1. The first-order chi connectivity index (χ1) is 8.00. The molecule has 1 aliphatic carbocycles. The van der Waals surface area contributed by atoms with Crippen LogP contribution >= 0.6 is 0 Å². The van der Waals surface area contributed by atoms with Gasteiger partial charge in [0.15, 0.2) is 0 Å². The van der Waals surface area contributed by atoms with Crippen LogP contribution in [0.5, 0.6) is 0 Å². The SMILES string of the molecule is Cc1cc(NN)nc(C2CCC(C)(C)CC2)n1. The second-order valence-corrected chi connectivity index (χ2v) is 5.84. The molecule has 0 aromatic carbocycles. The summed E-state index contributed by atoms with van der Waals surface area (Å²) in [6.45, 7) is 6.67. The van der Waals surface area contributed by atoms with Gasteiger partial charge in [0, 0.05) is 17.7 Å². The molecule has 94 valence electrons. The number of nitrogen functional groups attached to an aromatic ring is 1. The monoisotopic (exact) mass is 234 g/mol. The highest BCUT2D eigenvalue weighted by molar-refractivity contribution is 5.34. The summed E-state index contributed by atoms with van der Waals surface area (Å²) < 4.78 is 0. The number of anilines is 1. The van der Waals surface area contributed by atoms with Gasteiger partial charge in [-0.15, -0.1) is 0 Å². The fraction of sp³-hybridized carbons (Fsp3) is 0.692. The molecule has 0 atom stereocenters. The van der Waals surface area contributed by atoms with E-state index in [0.29, 0.717) is 11.3 Å². The molecular weight excluding hydrogens is 212 g/mol. The van der Waals surface area contributed by atoms with Crippen molar-refractivity contribution in [3.8, 4) is 0 Å². The molecule has 2 rings (SSSR count). The summed E-state index contributed by atoms with van der Waals surface area (Å²) in [5.74, 6) is 7.59. The van der Waals surface area contributed by atoms with Gasteiger partial charge < -0.3 is 5.43 Å². The Kier molecular flexibility index (Phi) is 3.33. The number of nitrogens with two attached hydrogens (primary N) is 1. The van der Waals surface area contributed by atoms with E-state index in [-0.39, 0.29) is 0 Å². The molecule has 0 unspecified atom stereocenters. The Labute approximate surface area is 103 Å². The lowest BCUT2D eigenvalue weighted by Gasteiger charge is -2.33. The van der Waals surface area contributed by atoms with Crippen LogP contribution in [0.1, 0.15) is 57.0 Å². The van der Waals surface area contributed by atoms with Crippen molar-refractivity contribution in [2.24, 2.45) is 11.3 Å². The van der Waals surface area contributed by atoms with Gasteiger partial charge >= 0.3 is 0 Å². The third-order valence-corrected chi connectivity index (χ3v) is 3.72. The number of nitrogens with zero attached hydrogens (tertiary/aromatic N) is 2. The van der Waals surface area contributed by atoms with Gasteiger partial charge in [-0.3, -0.25) is 0 Å². The van der Waals surface area contributed by atoms with E-state index in [9.17, 15) is 0 Å². The highest BCUT2D eigenvalue weighted by Gasteiger charge is 2.29. The zero-order valence-electron chi connectivity index (χ0n) is 11.0. The molecule has 1 aromatic rings. The van der Waals surface area contributed by atoms with E-state index >= 15 is 0 Å². The zero-order valence-corrected chi connectivity index (χ0v) is 11.0. The molecule has 0 spiro atoms. The molecule has 17 heavy (non-hydrogen) atoms. The molecule has 1 heterocycles. The second-order valence-electron chi connectivity index (χ2n) is 5.84. The van der Waals surface area contributed by atoms with Crippen LogP contribution in [-0.2, 0) is 0 Å². The average molecular weight is 234 g/mol. The van der Waals surface area contributed by atoms with E-state index in [1.54, 1.807) is 0 Å². The summed E-state index contributed by atoms with van der Waals surface area (Å²) in [6, 6.07) is 1.87. The van der Waals surface area contributed by atoms with Crippen LogP contribution in [0.3, 0.4) is 0 Å². The normalized spacial score (nSPS) is 20.2. The van der Waals surface area contributed by atoms with Gasteiger partial charge in [-0.05, 0) is 38.0 Å². The topological polar surface area (TPSA) is 63.8 Å². The summed E-state index contributed by atoms with van der Waals surface area (Å²) >= 11 is 0. The van der Waals surface area contributed by atoms with Crippen LogP contribution in [0.4, 0.5) is 5.82 Å². The Bertz CT molecular complexity index is 390. The Morgan fingerprint density at radius 1 is 1.29 bits per heavy atom. The van der Waals surface area contributed by atoms with E-state index in [1.165, 1.54) is 25.7 Å². The van der Waals surface area contributed by atoms with Gasteiger partial charge in [-0.2, -0.15) is 0 Å². The fourth-order valence-corrected chi connectivity index (χ4v) is 2.51. The second kappa shape index (κ2) is 4.61. The lowest BCUT2D eigenvalue weighted by atomic mass is 9.73. The van der Waals surface area contributed by atoms with E-state index in [2.05, 4.69) is 29.2 Å². The predicted octanol–water partition coefficient (Wildman–Crippen LogP) is 2.75. The minimum atomic E-state index is 0.481. The van der Waals surface area contributed by atoms with Crippen molar-refractivity contribution in [1.29, 1.82) is 0 Å². The zero-order chi connectivity index (χ0) is 12.5. The molecule has 3 N–H and O–H groups in total. The van der Waals surface area contributed by atoms with Gasteiger partial charge in [-0.1, -0.05) is 13.8 Å². The van der Waals surface area contributed by atoms with Crippen LogP contribution in [-0.4, -0.2) is 9.97 Å². The van der Waals surface area contributed by atoms with E-state index in [0.717, 1.165) is 17.3 Å². The standard InChI is InChI=1S/C13H22N4/c1-9-8-11(17-14)16-12(15-9)10-4-6-13(2,3)7-5-10/h8,10H,4-7,14H2,1-3H3,(H,15,16,17). The maximum Gasteiger partial charge on any atom is 0.143 e. The maximum absolute atomic E-state index is 5.42. The number of hydrogen-bond acceptors (Lipinski definition) is 4.